The van der Waals surface area contributed by atoms with Crippen LogP contribution < -0.4 is 4.87 Å². The van der Waals surface area contributed by atoms with Crippen molar-refractivity contribution in [2.45, 2.75) is 33.2 Å². The van der Waals surface area contributed by atoms with Crippen molar-refractivity contribution in [3.8, 4) is 0 Å². The Hall–Kier alpha value is -1.14. The van der Waals surface area contributed by atoms with Gasteiger partial charge in [0.05, 0.1) is 11.5 Å². The van der Waals surface area contributed by atoms with Crippen LogP contribution in [-0.4, -0.2) is 35.5 Å². The second-order valence-corrected chi connectivity index (χ2v) is 6.06. The number of thiazole rings is 1. The molecule has 0 unspecified atom stereocenters. The van der Waals surface area contributed by atoms with E-state index >= 15 is 0 Å². The Labute approximate surface area is 116 Å². The highest BCUT2D eigenvalue weighted by atomic mass is 32.1. The molecule has 6 heteroatoms. The number of nitrogens with one attached hydrogen (secondary N) is 1. The molecule has 0 saturated carbocycles. The number of rotatable bonds is 4. The van der Waals surface area contributed by atoms with E-state index in [0.29, 0.717) is 18.8 Å². The highest BCUT2D eigenvalue weighted by Gasteiger charge is 2.21. The SMILES string of the molecule is CCOC(=O)c1[nH]c(=O)sc1CN1CCC(C)CC1. The van der Waals surface area contributed by atoms with Gasteiger partial charge >= 0.3 is 10.8 Å². The van der Waals surface area contributed by atoms with Gasteiger partial charge in [0.1, 0.15) is 5.69 Å². The molecule has 2 rings (SSSR count). The molecule has 1 aromatic rings. The number of nitrogens with zero attached hydrogens (tertiary/aromatic N) is 1. The molecule has 1 N–H and O–H groups in total. The number of carbonyl (C=O) groups is 1. The number of likely N-dealkylation sites (tertiary alicyclic amines) is 1. The predicted octanol–water partition coefficient (Wildman–Crippen LogP) is 1.84. The minimum Gasteiger partial charge on any atom is -0.461 e. The lowest BCUT2D eigenvalue weighted by Crippen LogP contribution is -2.32. The van der Waals surface area contributed by atoms with Gasteiger partial charge in [0.25, 0.3) is 0 Å². The van der Waals surface area contributed by atoms with Crippen molar-refractivity contribution in [3.63, 3.8) is 0 Å². The van der Waals surface area contributed by atoms with E-state index in [-0.39, 0.29) is 4.87 Å². The van der Waals surface area contributed by atoms with E-state index in [2.05, 4.69) is 16.8 Å². The number of aromatic amines is 1. The second kappa shape index (κ2) is 6.34. The molecule has 0 aromatic carbocycles. The number of hydrogen-bond acceptors (Lipinski definition) is 5. The van der Waals surface area contributed by atoms with Crippen molar-refractivity contribution in [2.24, 2.45) is 5.92 Å². The van der Waals surface area contributed by atoms with Crippen LogP contribution in [0.5, 0.6) is 0 Å². The van der Waals surface area contributed by atoms with Gasteiger partial charge in [0, 0.05) is 6.54 Å². The summed E-state index contributed by atoms with van der Waals surface area (Å²) in [5.41, 5.74) is 0.329. The summed E-state index contributed by atoms with van der Waals surface area (Å²) < 4.78 is 4.97. The maximum atomic E-state index is 11.8. The number of aromatic nitrogens is 1. The van der Waals surface area contributed by atoms with Gasteiger partial charge in [-0.25, -0.2) is 4.79 Å². The molecule has 1 fully saturated rings. The first-order valence-corrected chi connectivity index (χ1v) is 7.53. The molecule has 1 aliphatic heterocycles. The smallest absolute Gasteiger partial charge is 0.356 e. The molecule has 1 aromatic heterocycles. The third-order valence-corrected chi connectivity index (χ3v) is 4.31. The van der Waals surface area contributed by atoms with Gasteiger partial charge in [-0.05, 0) is 38.8 Å². The van der Waals surface area contributed by atoms with Gasteiger partial charge in [0.2, 0.25) is 0 Å². The van der Waals surface area contributed by atoms with E-state index in [1.807, 2.05) is 0 Å². The van der Waals surface area contributed by atoms with Crippen molar-refractivity contribution in [3.05, 3.63) is 20.2 Å². The third-order valence-electron chi connectivity index (χ3n) is 3.44. The van der Waals surface area contributed by atoms with E-state index in [9.17, 15) is 9.59 Å². The molecule has 1 saturated heterocycles. The van der Waals surface area contributed by atoms with Crippen molar-refractivity contribution >= 4 is 17.3 Å². The molecule has 0 atom stereocenters. The summed E-state index contributed by atoms with van der Waals surface area (Å²) in [4.78, 5) is 28.7. The van der Waals surface area contributed by atoms with Crippen molar-refractivity contribution in [1.29, 1.82) is 0 Å². The van der Waals surface area contributed by atoms with Crippen LogP contribution in [0.4, 0.5) is 0 Å². The molecular formula is C13H20N2O3S. The zero-order valence-corrected chi connectivity index (χ0v) is 12.2. The summed E-state index contributed by atoms with van der Waals surface area (Å²) >= 11 is 1.11. The van der Waals surface area contributed by atoms with Crippen LogP contribution >= 0.6 is 11.3 Å². The van der Waals surface area contributed by atoms with Crippen molar-refractivity contribution < 1.29 is 9.53 Å². The fourth-order valence-electron chi connectivity index (χ4n) is 2.26. The summed E-state index contributed by atoms with van der Waals surface area (Å²) in [5, 5.41) is 0. The van der Waals surface area contributed by atoms with Crippen LogP contribution in [0.3, 0.4) is 0 Å². The summed E-state index contributed by atoms with van der Waals surface area (Å²) in [6.45, 7) is 7.04. The largest absolute Gasteiger partial charge is 0.461 e. The average Bonchev–Trinajstić information content (AvgIpc) is 2.74. The first-order chi connectivity index (χ1) is 9.10. The predicted molar refractivity (Wildman–Crippen MR) is 74.6 cm³/mol. The number of esters is 1. The maximum Gasteiger partial charge on any atom is 0.356 e. The Morgan fingerprint density at radius 1 is 1.47 bits per heavy atom. The number of piperidine rings is 1. The standard InChI is InChI=1S/C13H20N2O3S/c1-3-18-12(16)11-10(19-13(17)14-11)8-15-6-4-9(2)5-7-15/h9H,3-8H2,1-2H3,(H,14,17). The summed E-state index contributed by atoms with van der Waals surface area (Å²) in [6, 6.07) is 0. The Bertz CT molecular complexity index is 486. The Balaban J connectivity index is 2.07. The molecule has 0 aliphatic carbocycles. The molecular weight excluding hydrogens is 264 g/mol. The normalized spacial score (nSPS) is 17.6. The van der Waals surface area contributed by atoms with E-state index < -0.39 is 5.97 Å². The van der Waals surface area contributed by atoms with Crippen LogP contribution in [0.25, 0.3) is 0 Å². The fourth-order valence-corrected chi connectivity index (χ4v) is 3.12. The quantitative estimate of drug-likeness (QED) is 0.857. The molecule has 1 aliphatic rings. The van der Waals surface area contributed by atoms with Crippen molar-refractivity contribution in [2.75, 3.05) is 19.7 Å². The fraction of sp³-hybridized carbons (Fsp3) is 0.692. The second-order valence-electron chi connectivity index (χ2n) is 4.99. The average molecular weight is 284 g/mol. The Kier molecular flexibility index (Phi) is 4.76. The van der Waals surface area contributed by atoms with Crippen LogP contribution in [0.2, 0.25) is 0 Å². The highest BCUT2D eigenvalue weighted by Crippen LogP contribution is 2.20. The van der Waals surface area contributed by atoms with E-state index in [1.165, 1.54) is 12.8 Å². The summed E-state index contributed by atoms with van der Waals surface area (Å²) in [5.74, 6) is 0.340. The monoisotopic (exact) mass is 284 g/mol. The third kappa shape index (κ3) is 3.67. The molecule has 19 heavy (non-hydrogen) atoms. The lowest BCUT2D eigenvalue weighted by Gasteiger charge is -2.29. The minimum absolute atomic E-state index is 0.191. The molecule has 0 amide bonds. The minimum atomic E-state index is -0.429. The highest BCUT2D eigenvalue weighted by molar-refractivity contribution is 7.09. The molecule has 2 heterocycles. The van der Waals surface area contributed by atoms with E-state index in [4.69, 9.17) is 4.74 Å². The molecule has 0 spiro atoms. The first-order valence-electron chi connectivity index (χ1n) is 6.71. The zero-order chi connectivity index (χ0) is 13.8. The van der Waals surface area contributed by atoms with Gasteiger partial charge < -0.3 is 9.72 Å². The number of ether oxygens (including phenoxy) is 1. The number of H-pyrrole nitrogens is 1. The molecule has 0 bridgehead atoms. The molecule has 106 valence electrons. The van der Waals surface area contributed by atoms with Gasteiger partial charge in [0.15, 0.2) is 0 Å². The van der Waals surface area contributed by atoms with Gasteiger partial charge in [-0.2, -0.15) is 0 Å². The first kappa shape index (κ1) is 14.3. The Morgan fingerprint density at radius 3 is 2.79 bits per heavy atom. The Morgan fingerprint density at radius 2 is 2.16 bits per heavy atom. The van der Waals surface area contributed by atoms with E-state index in [0.717, 1.165) is 35.2 Å². The summed E-state index contributed by atoms with van der Waals surface area (Å²) in [7, 11) is 0. The number of hydrogen-bond donors (Lipinski definition) is 1. The maximum absolute atomic E-state index is 11.8. The molecule has 0 radical (unpaired) electrons. The van der Waals surface area contributed by atoms with Crippen LogP contribution in [-0.2, 0) is 11.3 Å². The van der Waals surface area contributed by atoms with Crippen LogP contribution in [0.1, 0.15) is 42.1 Å². The van der Waals surface area contributed by atoms with Gasteiger partial charge in [-0.1, -0.05) is 18.3 Å². The van der Waals surface area contributed by atoms with Crippen LogP contribution in [0.15, 0.2) is 4.79 Å². The van der Waals surface area contributed by atoms with Gasteiger partial charge in [-0.15, -0.1) is 0 Å². The lowest BCUT2D eigenvalue weighted by atomic mass is 9.99. The van der Waals surface area contributed by atoms with Gasteiger partial charge in [-0.3, -0.25) is 9.69 Å². The van der Waals surface area contributed by atoms with Crippen molar-refractivity contribution in [1.82, 2.24) is 9.88 Å². The topological polar surface area (TPSA) is 62.4 Å². The van der Waals surface area contributed by atoms with E-state index in [1.54, 1.807) is 6.92 Å². The number of carbonyl (C=O) groups excluding carboxylic acids is 1. The summed E-state index contributed by atoms with van der Waals surface area (Å²) in [6.07, 6.45) is 2.35. The van der Waals surface area contributed by atoms with Crippen LogP contribution in [0, 0.1) is 5.92 Å². The zero-order valence-electron chi connectivity index (χ0n) is 11.4. The lowest BCUT2D eigenvalue weighted by molar-refractivity contribution is 0.0517. The molecule has 5 nitrogen and oxygen atoms in total.